The van der Waals surface area contributed by atoms with Crippen LogP contribution in [0.15, 0.2) is 34.9 Å². The third-order valence-corrected chi connectivity index (χ3v) is 4.64. The van der Waals surface area contributed by atoms with Gasteiger partial charge in [-0.1, -0.05) is 31.5 Å². The van der Waals surface area contributed by atoms with Crippen molar-refractivity contribution in [3.8, 4) is 0 Å². The molecule has 1 aliphatic heterocycles. The van der Waals surface area contributed by atoms with E-state index in [0.717, 1.165) is 12.1 Å². The van der Waals surface area contributed by atoms with Crippen LogP contribution in [0.2, 0.25) is 0 Å². The van der Waals surface area contributed by atoms with Gasteiger partial charge in [-0.05, 0) is 31.9 Å². The van der Waals surface area contributed by atoms with Gasteiger partial charge < -0.3 is 10.2 Å². The van der Waals surface area contributed by atoms with Crippen molar-refractivity contribution in [1.82, 2.24) is 4.90 Å². The SMILES string of the molecule is CCC1CCCCN1C(CN)c1coc2ccccc12. The second kappa shape index (κ2) is 5.98. The normalized spacial score (nSPS) is 22.2. The Morgan fingerprint density at radius 1 is 1.35 bits per heavy atom. The molecule has 1 saturated heterocycles. The maximum atomic E-state index is 6.12. The number of nitrogens with two attached hydrogens (primary N) is 1. The van der Waals surface area contributed by atoms with E-state index in [0.29, 0.717) is 12.6 Å². The highest BCUT2D eigenvalue weighted by atomic mass is 16.3. The van der Waals surface area contributed by atoms with Gasteiger partial charge in [-0.2, -0.15) is 0 Å². The lowest BCUT2D eigenvalue weighted by Crippen LogP contribution is -2.44. The van der Waals surface area contributed by atoms with Crippen molar-refractivity contribution in [3.05, 3.63) is 36.1 Å². The quantitative estimate of drug-likeness (QED) is 0.923. The van der Waals surface area contributed by atoms with Gasteiger partial charge >= 0.3 is 0 Å². The molecule has 20 heavy (non-hydrogen) atoms. The zero-order valence-corrected chi connectivity index (χ0v) is 12.2. The fourth-order valence-electron chi connectivity index (χ4n) is 3.57. The Bertz CT molecular complexity index is 563. The minimum Gasteiger partial charge on any atom is -0.464 e. The van der Waals surface area contributed by atoms with E-state index in [2.05, 4.69) is 24.0 Å². The predicted octanol–water partition coefficient (Wildman–Crippen LogP) is 3.70. The largest absolute Gasteiger partial charge is 0.464 e. The third-order valence-electron chi connectivity index (χ3n) is 4.64. The topological polar surface area (TPSA) is 42.4 Å². The molecular weight excluding hydrogens is 248 g/mol. The van der Waals surface area contributed by atoms with Gasteiger partial charge in [-0.3, -0.25) is 4.90 Å². The van der Waals surface area contributed by atoms with Crippen molar-refractivity contribution >= 4 is 11.0 Å². The second-order valence-corrected chi connectivity index (χ2v) is 5.73. The van der Waals surface area contributed by atoms with Crippen LogP contribution in [0.3, 0.4) is 0 Å². The van der Waals surface area contributed by atoms with Crippen LogP contribution < -0.4 is 5.73 Å². The summed E-state index contributed by atoms with van der Waals surface area (Å²) < 4.78 is 5.71. The van der Waals surface area contributed by atoms with Crippen molar-refractivity contribution in [1.29, 1.82) is 0 Å². The van der Waals surface area contributed by atoms with E-state index < -0.39 is 0 Å². The standard InChI is InChI=1S/C17H24N2O/c1-2-13-7-5-6-10-19(13)16(11-18)15-12-20-17-9-4-3-8-14(15)17/h3-4,8-9,12-13,16H,2,5-7,10-11,18H2,1H3. The molecule has 2 aromatic rings. The highest BCUT2D eigenvalue weighted by Gasteiger charge is 2.29. The minimum atomic E-state index is 0.281. The van der Waals surface area contributed by atoms with E-state index >= 15 is 0 Å². The van der Waals surface area contributed by atoms with Gasteiger partial charge in [0.1, 0.15) is 5.58 Å². The molecule has 2 heterocycles. The first kappa shape index (κ1) is 13.7. The summed E-state index contributed by atoms with van der Waals surface area (Å²) in [6.45, 7) is 4.09. The van der Waals surface area contributed by atoms with Crippen LogP contribution in [0, 0.1) is 0 Å². The molecule has 0 spiro atoms. The molecule has 1 aromatic carbocycles. The summed E-state index contributed by atoms with van der Waals surface area (Å²) in [7, 11) is 0. The molecule has 2 N–H and O–H groups in total. The first-order valence-electron chi connectivity index (χ1n) is 7.77. The van der Waals surface area contributed by atoms with Gasteiger partial charge in [0.25, 0.3) is 0 Å². The number of hydrogen-bond acceptors (Lipinski definition) is 3. The zero-order valence-electron chi connectivity index (χ0n) is 12.2. The second-order valence-electron chi connectivity index (χ2n) is 5.73. The van der Waals surface area contributed by atoms with Crippen LogP contribution in [0.1, 0.15) is 44.2 Å². The molecule has 0 saturated carbocycles. The van der Waals surface area contributed by atoms with Gasteiger partial charge in [0.2, 0.25) is 0 Å². The van der Waals surface area contributed by atoms with Crippen LogP contribution in [-0.2, 0) is 0 Å². The molecule has 0 amide bonds. The number of likely N-dealkylation sites (tertiary alicyclic amines) is 1. The molecule has 3 rings (SSSR count). The lowest BCUT2D eigenvalue weighted by molar-refractivity contribution is 0.0952. The highest BCUT2D eigenvalue weighted by Crippen LogP contribution is 2.34. The van der Waals surface area contributed by atoms with Crippen LogP contribution in [-0.4, -0.2) is 24.0 Å². The average Bonchev–Trinajstić information content (AvgIpc) is 2.93. The molecule has 3 heteroatoms. The molecule has 108 valence electrons. The molecule has 2 atom stereocenters. The van der Waals surface area contributed by atoms with E-state index in [-0.39, 0.29) is 6.04 Å². The Labute approximate surface area is 120 Å². The van der Waals surface area contributed by atoms with E-state index in [1.165, 1.54) is 36.6 Å². The number of benzene rings is 1. The number of nitrogens with zero attached hydrogens (tertiary/aromatic N) is 1. The van der Waals surface area contributed by atoms with Crippen LogP contribution >= 0.6 is 0 Å². The lowest BCUT2D eigenvalue weighted by Gasteiger charge is -2.40. The Hall–Kier alpha value is -1.32. The summed E-state index contributed by atoms with van der Waals surface area (Å²) in [4.78, 5) is 2.60. The van der Waals surface area contributed by atoms with Crippen molar-refractivity contribution in [3.63, 3.8) is 0 Å². The van der Waals surface area contributed by atoms with Crippen molar-refractivity contribution in [2.75, 3.05) is 13.1 Å². The summed E-state index contributed by atoms with van der Waals surface area (Å²) in [5.41, 5.74) is 8.34. The fraction of sp³-hybridized carbons (Fsp3) is 0.529. The van der Waals surface area contributed by atoms with Gasteiger partial charge in [0.15, 0.2) is 0 Å². The Balaban J connectivity index is 1.96. The van der Waals surface area contributed by atoms with Gasteiger partial charge in [-0.15, -0.1) is 0 Å². The number of fused-ring (bicyclic) bond motifs is 1. The monoisotopic (exact) mass is 272 g/mol. The smallest absolute Gasteiger partial charge is 0.134 e. The minimum absolute atomic E-state index is 0.281. The number of hydrogen-bond donors (Lipinski definition) is 1. The number of rotatable bonds is 4. The van der Waals surface area contributed by atoms with E-state index in [1.807, 2.05) is 18.4 Å². The summed E-state index contributed by atoms with van der Waals surface area (Å²) >= 11 is 0. The molecule has 0 aliphatic carbocycles. The summed E-state index contributed by atoms with van der Waals surface area (Å²) in [5.74, 6) is 0. The third kappa shape index (κ3) is 2.36. The van der Waals surface area contributed by atoms with Gasteiger partial charge in [-0.25, -0.2) is 0 Å². The Morgan fingerprint density at radius 2 is 2.20 bits per heavy atom. The van der Waals surface area contributed by atoms with E-state index in [4.69, 9.17) is 10.2 Å². The number of para-hydroxylation sites is 1. The van der Waals surface area contributed by atoms with Crippen molar-refractivity contribution < 1.29 is 4.42 Å². The predicted molar refractivity (Wildman–Crippen MR) is 82.6 cm³/mol. The average molecular weight is 272 g/mol. The first-order chi connectivity index (χ1) is 9.85. The molecule has 1 aliphatic rings. The summed E-state index contributed by atoms with van der Waals surface area (Å²) in [6, 6.07) is 9.20. The maximum Gasteiger partial charge on any atom is 0.134 e. The van der Waals surface area contributed by atoms with Crippen LogP contribution in [0.4, 0.5) is 0 Å². The summed E-state index contributed by atoms with van der Waals surface area (Å²) in [6.07, 6.45) is 7.03. The molecule has 0 radical (unpaired) electrons. The lowest BCUT2D eigenvalue weighted by atomic mass is 9.94. The van der Waals surface area contributed by atoms with Crippen LogP contribution in [0.25, 0.3) is 11.0 Å². The molecular formula is C17H24N2O. The van der Waals surface area contributed by atoms with Gasteiger partial charge in [0, 0.05) is 23.5 Å². The molecule has 0 bridgehead atoms. The fourth-order valence-corrected chi connectivity index (χ4v) is 3.57. The molecule has 3 nitrogen and oxygen atoms in total. The molecule has 1 fully saturated rings. The van der Waals surface area contributed by atoms with E-state index in [9.17, 15) is 0 Å². The van der Waals surface area contributed by atoms with Crippen LogP contribution in [0.5, 0.6) is 0 Å². The van der Waals surface area contributed by atoms with E-state index in [1.54, 1.807) is 0 Å². The van der Waals surface area contributed by atoms with Gasteiger partial charge in [0.05, 0.1) is 12.3 Å². The summed E-state index contributed by atoms with van der Waals surface area (Å²) in [5, 5.41) is 1.21. The first-order valence-corrected chi connectivity index (χ1v) is 7.77. The Morgan fingerprint density at radius 3 is 3.00 bits per heavy atom. The highest BCUT2D eigenvalue weighted by molar-refractivity contribution is 5.81. The molecule has 2 unspecified atom stereocenters. The Kier molecular flexibility index (Phi) is 4.08. The zero-order chi connectivity index (χ0) is 13.9. The number of furan rings is 1. The van der Waals surface area contributed by atoms with Crippen molar-refractivity contribution in [2.24, 2.45) is 5.73 Å². The maximum absolute atomic E-state index is 6.12. The molecule has 1 aromatic heterocycles. The number of piperidine rings is 1. The van der Waals surface area contributed by atoms with Crippen molar-refractivity contribution in [2.45, 2.75) is 44.7 Å².